The van der Waals surface area contributed by atoms with E-state index in [0.29, 0.717) is 13.0 Å². The highest BCUT2D eigenvalue weighted by molar-refractivity contribution is 5.73. The standard InChI is InChI=1S/C17H23F3N2O3/c18-17(19,20)16(24,13-5-2-1-3-6-13)9-11-22-15(23)21-10-8-14-7-4-12-25-14/h1-3,5-6,14,24H,4,7-12H2,(H2,21,22,23)/t14-,16-/m0/s1. The first-order valence-electron chi connectivity index (χ1n) is 8.31. The molecule has 0 radical (unpaired) electrons. The minimum absolute atomic E-state index is 0.133. The third kappa shape index (κ3) is 5.34. The lowest BCUT2D eigenvalue weighted by atomic mass is 9.89. The molecule has 2 rings (SSSR count). The van der Waals surface area contributed by atoms with Crippen molar-refractivity contribution in [3.05, 3.63) is 35.9 Å². The van der Waals surface area contributed by atoms with Gasteiger partial charge in [0.15, 0.2) is 5.60 Å². The first kappa shape index (κ1) is 19.5. The van der Waals surface area contributed by atoms with Crippen LogP contribution in [0.25, 0.3) is 0 Å². The monoisotopic (exact) mass is 360 g/mol. The molecule has 0 bridgehead atoms. The van der Waals surface area contributed by atoms with Crippen LogP contribution in [0.5, 0.6) is 0 Å². The van der Waals surface area contributed by atoms with Gasteiger partial charge < -0.3 is 20.5 Å². The first-order chi connectivity index (χ1) is 11.8. The summed E-state index contributed by atoms with van der Waals surface area (Å²) in [5, 5.41) is 15.1. The van der Waals surface area contributed by atoms with E-state index in [1.807, 2.05) is 0 Å². The van der Waals surface area contributed by atoms with E-state index in [1.165, 1.54) is 24.3 Å². The molecule has 0 unspecified atom stereocenters. The summed E-state index contributed by atoms with van der Waals surface area (Å²) < 4.78 is 45.3. The number of carbonyl (C=O) groups excluding carboxylic acids is 1. The molecule has 2 amide bonds. The van der Waals surface area contributed by atoms with Crippen LogP contribution in [0.4, 0.5) is 18.0 Å². The number of rotatable bonds is 7. The Morgan fingerprint density at radius 2 is 1.88 bits per heavy atom. The van der Waals surface area contributed by atoms with E-state index in [0.717, 1.165) is 19.4 Å². The minimum atomic E-state index is -4.84. The molecule has 5 nitrogen and oxygen atoms in total. The lowest BCUT2D eigenvalue weighted by Gasteiger charge is -2.31. The molecule has 140 valence electrons. The van der Waals surface area contributed by atoms with E-state index in [9.17, 15) is 23.1 Å². The summed E-state index contributed by atoms with van der Waals surface area (Å²) in [7, 11) is 0. The van der Waals surface area contributed by atoms with Crippen molar-refractivity contribution < 1.29 is 27.8 Å². The summed E-state index contributed by atoms with van der Waals surface area (Å²) in [6, 6.07) is 6.30. The molecule has 25 heavy (non-hydrogen) atoms. The van der Waals surface area contributed by atoms with Gasteiger partial charge in [0.2, 0.25) is 0 Å². The van der Waals surface area contributed by atoms with E-state index in [2.05, 4.69) is 10.6 Å². The maximum absolute atomic E-state index is 13.3. The van der Waals surface area contributed by atoms with Gasteiger partial charge in [0.25, 0.3) is 0 Å². The smallest absolute Gasteiger partial charge is 0.378 e. The van der Waals surface area contributed by atoms with E-state index in [4.69, 9.17) is 4.74 Å². The molecule has 1 heterocycles. The summed E-state index contributed by atoms with van der Waals surface area (Å²) in [6.07, 6.45) is -2.74. The van der Waals surface area contributed by atoms with Gasteiger partial charge in [-0.2, -0.15) is 13.2 Å². The number of hydrogen-bond acceptors (Lipinski definition) is 3. The number of aliphatic hydroxyl groups is 1. The second-order valence-electron chi connectivity index (χ2n) is 6.08. The largest absolute Gasteiger partial charge is 0.421 e. The van der Waals surface area contributed by atoms with Crippen LogP contribution < -0.4 is 10.6 Å². The number of hydrogen-bond donors (Lipinski definition) is 3. The van der Waals surface area contributed by atoms with Crippen LogP contribution >= 0.6 is 0 Å². The molecule has 0 aromatic heterocycles. The molecule has 1 aromatic carbocycles. The number of amides is 2. The maximum Gasteiger partial charge on any atom is 0.421 e. The van der Waals surface area contributed by atoms with Gasteiger partial charge in [-0.15, -0.1) is 0 Å². The number of nitrogens with one attached hydrogen (secondary N) is 2. The van der Waals surface area contributed by atoms with Crippen LogP contribution in [-0.2, 0) is 10.3 Å². The van der Waals surface area contributed by atoms with Crippen molar-refractivity contribution >= 4 is 6.03 Å². The fourth-order valence-electron chi connectivity index (χ4n) is 2.80. The fourth-order valence-corrected chi connectivity index (χ4v) is 2.80. The van der Waals surface area contributed by atoms with Crippen molar-refractivity contribution in [3.63, 3.8) is 0 Å². The second kappa shape index (κ2) is 8.53. The summed E-state index contributed by atoms with van der Waals surface area (Å²) in [4.78, 5) is 11.7. The Bertz CT molecular complexity index is 548. The lowest BCUT2D eigenvalue weighted by molar-refractivity contribution is -0.268. The average Bonchev–Trinajstić information content (AvgIpc) is 3.08. The van der Waals surface area contributed by atoms with Crippen LogP contribution in [0.3, 0.4) is 0 Å². The van der Waals surface area contributed by atoms with Crippen LogP contribution in [0.1, 0.15) is 31.2 Å². The molecule has 1 aliphatic rings. The van der Waals surface area contributed by atoms with Crippen molar-refractivity contribution in [1.29, 1.82) is 0 Å². The number of benzene rings is 1. The Labute approximate surface area is 144 Å². The summed E-state index contributed by atoms with van der Waals surface area (Å²) in [6.45, 7) is 0.807. The predicted octanol–water partition coefficient (Wildman–Crippen LogP) is 2.69. The van der Waals surface area contributed by atoms with E-state index in [1.54, 1.807) is 6.07 Å². The SMILES string of the molecule is O=C(NCC[C@@H]1CCCO1)NCC[C@](O)(c1ccccc1)C(F)(F)F. The molecule has 1 aliphatic heterocycles. The van der Waals surface area contributed by atoms with Crippen molar-refractivity contribution in [2.24, 2.45) is 0 Å². The number of urea groups is 1. The molecular weight excluding hydrogens is 337 g/mol. The summed E-state index contributed by atoms with van der Waals surface area (Å²) in [5.41, 5.74) is -3.25. The Kier molecular flexibility index (Phi) is 6.66. The summed E-state index contributed by atoms with van der Waals surface area (Å²) in [5.74, 6) is 0. The van der Waals surface area contributed by atoms with Crippen LogP contribution in [0, 0.1) is 0 Å². The Morgan fingerprint density at radius 1 is 1.20 bits per heavy atom. The first-order valence-corrected chi connectivity index (χ1v) is 8.31. The van der Waals surface area contributed by atoms with Crippen molar-refractivity contribution in [1.82, 2.24) is 10.6 Å². The predicted molar refractivity (Wildman–Crippen MR) is 86.0 cm³/mol. The molecule has 1 saturated heterocycles. The quantitative estimate of drug-likeness (QED) is 0.700. The number of alkyl halides is 3. The van der Waals surface area contributed by atoms with Gasteiger partial charge in [-0.05, 0) is 24.8 Å². The third-order valence-electron chi connectivity index (χ3n) is 4.27. The van der Waals surface area contributed by atoms with Gasteiger partial charge in [-0.25, -0.2) is 4.79 Å². The van der Waals surface area contributed by atoms with Gasteiger partial charge >= 0.3 is 12.2 Å². The number of halogens is 3. The highest BCUT2D eigenvalue weighted by Gasteiger charge is 2.54. The zero-order chi connectivity index (χ0) is 18.3. The molecule has 0 spiro atoms. The van der Waals surface area contributed by atoms with Crippen LogP contribution in [0.2, 0.25) is 0 Å². The van der Waals surface area contributed by atoms with Gasteiger partial charge in [-0.1, -0.05) is 30.3 Å². The molecule has 8 heteroatoms. The van der Waals surface area contributed by atoms with E-state index >= 15 is 0 Å². The molecule has 2 atom stereocenters. The van der Waals surface area contributed by atoms with Gasteiger partial charge in [-0.3, -0.25) is 0 Å². The summed E-state index contributed by atoms with van der Waals surface area (Å²) >= 11 is 0. The van der Waals surface area contributed by atoms with Gasteiger partial charge in [0.05, 0.1) is 6.10 Å². The van der Waals surface area contributed by atoms with Crippen molar-refractivity contribution in [2.45, 2.75) is 43.6 Å². The lowest BCUT2D eigenvalue weighted by Crippen LogP contribution is -2.46. The average molecular weight is 360 g/mol. The van der Waals surface area contributed by atoms with Gasteiger partial charge in [0, 0.05) is 26.1 Å². The molecule has 0 aliphatic carbocycles. The highest BCUT2D eigenvalue weighted by Crippen LogP contribution is 2.41. The highest BCUT2D eigenvalue weighted by atomic mass is 19.4. The zero-order valence-electron chi connectivity index (χ0n) is 13.8. The topological polar surface area (TPSA) is 70.6 Å². The second-order valence-corrected chi connectivity index (χ2v) is 6.08. The van der Waals surface area contributed by atoms with Crippen molar-refractivity contribution in [3.8, 4) is 0 Å². The molecule has 0 saturated carbocycles. The van der Waals surface area contributed by atoms with Crippen LogP contribution in [0.15, 0.2) is 30.3 Å². The van der Waals surface area contributed by atoms with E-state index < -0.39 is 24.2 Å². The number of ether oxygens (including phenoxy) is 1. The third-order valence-corrected chi connectivity index (χ3v) is 4.27. The Balaban J connectivity index is 1.79. The normalized spacial score (nSPS) is 20.1. The maximum atomic E-state index is 13.3. The van der Waals surface area contributed by atoms with Gasteiger partial charge in [0.1, 0.15) is 0 Å². The van der Waals surface area contributed by atoms with Crippen molar-refractivity contribution in [2.75, 3.05) is 19.7 Å². The minimum Gasteiger partial charge on any atom is -0.378 e. The Morgan fingerprint density at radius 3 is 2.48 bits per heavy atom. The molecule has 3 N–H and O–H groups in total. The number of carbonyl (C=O) groups is 1. The molecular formula is C17H23F3N2O3. The van der Waals surface area contributed by atoms with E-state index in [-0.39, 0.29) is 18.2 Å². The molecule has 1 fully saturated rings. The van der Waals surface area contributed by atoms with Crippen LogP contribution in [-0.4, -0.2) is 43.1 Å². The zero-order valence-corrected chi connectivity index (χ0v) is 13.8. The fraction of sp³-hybridized carbons (Fsp3) is 0.588. The Hall–Kier alpha value is -1.80. The molecule has 1 aromatic rings.